The summed E-state index contributed by atoms with van der Waals surface area (Å²) in [6, 6.07) is 11.6. The molecule has 5 nitrogen and oxygen atoms in total. The maximum Gasteiger partial charge on any atom is 0.241 e. The van der Waals surface area contributed by atoms with Crippen LogP contribution < -0.4 is 4.72 Å². The Balaban J connectivity index is 1.78. The van der Waals surface area contributed by atoms with Crippen molar-refractivity contribution in [1.82, 2.24) is 4.72 Å². The number of fused-ring (bicyclic) bond motifs is 3. The third-order valence-corrected chi connectivity index (χ3v) is 6.37. The number of nitrogens with one attached hydrogen (secondary N) is 1. The van der Waals surface area contributed by atoms with Gasteiger partial charge < -0.3 is 4.42 Å². The Hall–Kier alpha value is -1.83. The summed E-state index contributed by atoms with van der Waals surface area (Å²) in [5, 5.41) is 1.49. The second-order valence-electron chi connectivity index (χ2n) is 5.39. The molecule has 118 valence electrons. The van der Waals surface area contributed by atoms with Crippen LogP contribution in [0.1, 0.15) is 6.42 Å². The molecule has 1 atom stereocenters. The summed E-state index contributed by atoms with van der Waals surface area (Å²) in [6.07, 6.45) is 0.527. The molecular formula is C16H13NO4S2. The lowest BCUT2D eigenvalue weighted by Gasteiger charge is -2.10. The van der Waals surface area contributed by atoms with Gasteiger partial charge in [-0.25, -0.2) is 8.42 Å². The Morgan fingerprint density at radius 2 is 1.87 bits per heavy atom. The van der Waals surface area contributed by atoms with E-state index in [1.807, 2.05) is 24.3 Å². The quantitative estimate of drug-likeness (QED) is 0.788. The molecule has 3 aromatic rings. The molecule has 7 heteroatoms. The lowest BCUT2D eigenvalue weighted by Crippen LogP contribution is -2.37. The molecule has 2 heterocycles. The zero-order valence-electron chi connectivity index (χ0n) is 12.0. The highest BCUT2D eigenvalue weighted by Crippen LogP contribution is 2.30. The summed E-state index contributed by atoms with van der Waals surface area (Å²) < 4.78 is 33.3. The lowest BCUT2D eigenvalue weighted by molar-refractivity contribution is -0.111. The van der Waals surface area contributed by atoms with Crippen molar-refractivity contribution in [3.05, 3.63) is 42.5 Å². The molecular weight excluding hydrogens is 334 g/mol. The second-order valence-corrected chi connectivity index (χ2v) is 8.20. The molecule has 0 saturated carbocycles. The van der Waals surface area contributed by atoms with Gasteiger partial charge in [0.25, 0.3) is 0 Å². The van der Waals surface area contributed by atoms with Crippen molar-refractivity contribution >= 4 is 48.8 Å². The van der Waals surface area contributed by atoms with Crippen molar-refractivity contribution in [3.8, 4) is 0 Å². The predicted octanol–water partition coefficient (Wildman–Crippen LogP) is 2.90. The smallest absolute Gasteiger partial charge is 0.241 e. The van der Waals surface area contributed by atoms with E-state index in [1.165, 1.54) is 17.8 Å². The first kappa shape index (κ1) is 14.7. The molecule has 0 spiro atoms. The number of benzene rings is 2. The van der Waals surface area contributed by atoms with E-state index in [9.17, 15) is 13.2 Å². The monoisotopic (exact) mass is 347 g/mol. The number of para-hydroxylation sites is 1. The summed E-state index contributed by atoms with van der Waals surface area (Å²) >= 11 is 1.17. The largest absolute Gasteiger partial charge is 0.456 e. The zero-order chi connectivity index (χ0) is 16.0. The Kier molecular flexibility index (Phi) is 3.44. The summed E-state index contributed by atoms with van der Waals surface area (Å²) in [7, 11) is -3.74. The summed E-state index contributed by atoms with van der Waals surface area (Å²) in [4.78, 5) is 11.8. The highest BCUT2D eigenvalue weighted by Gasteiger charge is 2.30. The van der Waals surface area contributed by atoms with Crippen molar-refractivity contribution < 1.29 is 17.6 Å². The standard InChI is InChI=1S/C16H13NO4S2/c18-16-13(7-8-22-16)17-23(19,20)10-5-6-15-12(9-10)11-3-1-2-4-14(11)21-15/h1-6,9,13,17H,7-8H2/t13-/m0/s1. The van der Waals surface area contributed by atoms with E-state index in [-0.39, 0.29) is 10.0 Å². The summed E-state index contributed by atoms with van der Waals surface area (Å²) in [5.41, 5.74) is 1.35. The van der Waals surface area contributed by atoms with Crippen LogP contribution >= 0.6 is 11.8 Å². The molecule has 0 unspecified atom stereocenters. The zero-order valence-corrected chi connectivity index (χ0v) is 13.6. The molecule has 1 aliphatic rings. The SMILES string of the molecule is O=C1SCC[C@@H]1NS(=O)(=O)c1ccc2oc3ccccc3c2c1. The molecule has 1 aromatic heterocycles. The average Bonchev–Trinajstić information content (AvgIpc) is 3.10. The number of thioether (sulfide) groups is 1. The minimum atomic E-state index is -3.74. The van der Waals surface area contributed by atoms with Crippen molar-refractivity contribution in [2.45, 2.75) is 17.4 Å². The number of hydrogen-bond donors (Lipinski definition) is 1. The summed E-state index contributed by atoms with van der Waals surface area (Å²) in [5.74, 6) is 0.650. The van der Waals surface area contributed by atoms with Gasteiger partial charge in [0.1, 0.15) is 11.2 Å². The first-order valence-electron chi connectivity index (χ1n) is 7.15. The van der Waals surface area contributed by atoms with Crippen molar-refractivity contribution in [1.29, 1.82) is 0 Å². The maximum atomic E-state index is 12.5. The van der Waals surface area contributed by atoms with E-state index < -0.39 is 16.1 Å². The molecule has 1 fully saturated rings. The Morgan fingerprint density at radius 1 is 1.09 bits per heavy atom. The fourth-order valence-corrected chi connectivity index (χ4v) is 4.99. The Morgan fingerprint density at radius 3 is 2.65 bits per heavy atom. The van der Waals surface area contributed by atoms with E-state index in [0.29, 0.717) is 23.3 Å². The molecule has 0 radical (unpaired) electrons. The van der Waals surface area contributed by atoms with Crippen molar-refractivity contribution in [2.75, 3.05) is 5.75 Å². The Labute approximate surface area is 137 Å². The van der Waals surface area contributed by atoms with Crippen LogP contribution in [0.5, 0.6) is 0 Å². The molecule has 1 aliphatic heterocycles. The molecule has 0 aliphatic carbocycles. The minimum absolute atomic E-state index is 0.122. The first-order valence-corrected chi connectivity index (χ1v) is 9.62. The summed E-state index contributed by atoms with van der Waals surface area (Å²) in [6.45, 7) is 0. The van der Waals surface area contributed by atoms with Gasteiger partial charge in [-0.3, -0.25) is 4.79 Å². The molecule has 0 bridgehead atoms. The van der Waals surface area contributed by atoms with E-state index in [2.05, 4.69) is 4.72 Å². The normalized spacial score (nSPS) is 19.0. The molecule has 1 saturated heterocycles. The molecule has 4 rings (SSSR count). The molecule has 0 amide bonds. The topological polar surface area (TPSA) is 76.4 Å². The van der Waals surface area contributed by atoms with E-state index in [1.54, 1.807) is 12.1 Å². The van der Waals surface area contributed by atoms with Gasteiger partial charge in [0.15, 0.2) is 0 Å². The fourth-order valence-electron chi connectivity index (χ4n) is 2.73. The maximum absolute atomic E-state index is 12.5. The number of rotatable bonds is 3. The van der Waals surface area contributed by atoms with Crippen LogP contribution in [0.4, 0.5) is 0 Å². The van der Waals surface area contributed by atoms with Gasteiger partial charge in [0, 0.05) is 16.5 Å². The minimum Gasteiger partial charge on any atom is -0.456 e. The number of furan rings is 1. The van der Waals surface area contributed by atoms with Gasteiger partial charge in [-0.05, 0) is 30.7 Å². The van der Waals surface area contributed by atoms with E-state index >= 15 is 0 Å². The van der Waals surface area contributed by atoms with Gasteiger partial charge >= 0.3 is 0 Å². The second kappa shape index (κ2) is 5.36. The van der Waals surface area contributed by atoms with Crippen LogP contribution in [-0.2, 0) is 14.8 Å². The van der Waals surface area contributed by atoms with E-state index in [0.717, 1.165) is 10.8 Å². The molecule has 23 heavy (non-hydrogen) atoms. The number of carbonyl (C=O) groups is 1. The molecule has 2 aromatic carbocycles. The highest BCUT2D eigenvalue weighted by molar-refractivity contribution is 8.14. The lowest BCUT2D eigenvalue weighted by atomic mass is 10.1. The number of hydrogen-bond acceptors (Lipinski definition) is 5. The third-order valence-electron chi connectivity index (χ3n) is 3.89. The van der Waals surface area contributed by atoms with Crippen LogP contribution in [-0.4, -0.2) is 25.3 Å². The first-order chi connectivity index (χ1) is 11.0. The van der Waals surface area contributed by atoms with Crippen LogP contribution in [0.25, 0.3) is 21.9 Å². The number of sulfonamides is 1. The van der Waals surface area contributed by atoms with Crippen LogP contribution in [0.15, 0.2) is 51.8 Å². The predicted molar refractivity (Wildman–Crippen MR) is 89.9 cm³/mol. The van der Waals surface area contributed by atoms with Gasteiger partial charge in [-0.2, -0.15) is 4.72 Å². The van der Waals surface area contributed by atoms with Crippen molar-refractivity contribution in [2.24, 2.45) is 0 Å². The van der Waals surface area contributed by atoms with Crippen LogP contribution in [0.3, 0.4) is 0 Å². The fraction of sp³-hybridized carbons (Fsp3) is 0.188. The van der Waals surface area contributed by atoms with E-state index in [4.69, 9.17) is 4.42 Å². The van der Waals surface area contributed by atoms with Crippen LogP contribution in [0, 0.1) is 0 Å². The van der Waals surface area contributed by atoms with Crippen molar-refractivity contribution in [3.63, 3.8) is 0 Å². The average molecular weight is 347 g/mol. The number of carbonyl (C=O) groups excluding carboxylic acids is 1. The van der Waals surface area contributed by atoms with Gasteiger partial charge in [-0.1, -0.05) is 30.0 Å². The van der Waals surface area contributed by atoms with Gasteiger partial charge in [0.05, 0.1) is 10.9 Å². The molecule has 1 N–H and O–H groups in total. The Bertz CT molecular complexity index is 1020. The van der Waals surface area contributed by atoms with Gasteiger partial charge in [0.2, 0.25) is 15.1 Å². The van der Waals surface area contributed by atoms with Crippen LogP contribution in [0.2, 0.25) is 0 Å². The highest BCUT2D eigenvalue weighted by atomic mass is 32.2. The van der Waals surface area contributed by atoms with Gasteiger partial charge in [-0.15, -0.1) is 0 Å². The third kappa shape index (κ3) is 2.54.